The molecule has 3 heterocycles. The largest absolute Gasteiger partial charge is 0.496 e. The SMILES string of the molecule is COc1ccccc1-c1ccnc(C2CCN(S(=O)(=O)c3cnnn3C)CC2)n1. The van der Waals surface area contributed by atoms with Gasteiger partial charge < -0.3 is 4.74 Å². The quantitative estimate of drug-likeness (QED) is 0.628. The molecule has 0 radical (unpaired) electrons. The minimum Gasteiger partial charge on any atom is -0.496 e. The van der Waals surface area contributed by atoms with E-state index in [1.807, 2.05) is 30.3 Å². The van der Waals surface area contributed by atoms with Gasteiger partial charge in [0.05, 0.1) is 19.0 Å². The van der Waals surface area contributed by atoms with Crippen LogP contribution in [0.15, 0.2) is 47.8 Å². The van der Waals surface area contributed by atoms with Crippen molar-refractivity contribution in [1.82, 2.24) is 29.3 Å². The zero-order chi connectivity index (χ0) is 20.4. The number of ether oxygens (including phenoxy) is 1. The second-order valence-electron chi connectivity index (χ2n) is 6.87. The van der Waals surface area contributed by atoms with E-state index in [1.54, 1.807) is 20.4 Å². The summed E-state index contributed by atoms with van der Waals surface area (Å²) in [6.07, 6.45) is 4.33. The molecule has 1 aliphatic rings. The molecule has 9 nitrogen and oxygen atoms in total. The maximum atomic E-state index is 12.8. The van der Waals surface area contributed by atoms with Crippen LogP contribution in [-0.4, -0.2) is 57.9 Å². The molecule has 1 fully saturated rings. The lowest BCUT2D eigenvalue weighted by Crippen LogP contribution is -2.39. The smallest absolute Gasteiger partial charge is 0.261 e. The van der Waals surface area contributed by atoms with Crippen LogP contribution in [-0.2, 0) is 17.1 Å². The van der Waals surface area contributed by atoms with E-state index in [2.05, 4.69) is 15.3 Å². The predicted octanol–water partition coefficient (Wildman–Crippen LogP) is 1.85. The first kappa shape index (κ1) is 19.5. The van der Waals surface area contributed by atoms with Crippen molar-refractivity contribution in [2.75, 3.05) is 20.2 Å². The first-order chi connectivity index (χ1) is 14.0. The molecule has 0 amide bonds. The third kappa shape index (κ3) is 3.73. The lowest BCUT2D eigenvalue weighted by molar-refractivity contribution is 0.311. The minimum absolute atomic E-state index is 0.0979. The topological polar surface area (TPSA) is 103 Å². The van der Waals surface area contributed by atoms with Crippen LogP contribution >= 0.6 is 0 Å². The molecule has 152 valence electrons. The number of benzene rings is 1. The molecule has 0 atom stereocenters. The highest BCUT2D eigenvalue weighted by molar-refractivity contribution is 7.89. The minimum atomic E-state index is -3.60. The van der Waals surface area contributed by atoms with Gasteiger partial charge in [-0.1, -0.05) is 17.3 Å². The molecule has 0 spiro atoms. The van der Waals surface area contributed by atoms with E-state index in [9.17, 15) is 8.42 Å². The van der Waals surface area contributed by atoms with E-state index < -0.39 is 10.0 Å². The molecule has 2 aromatic heterocycles. The highest BCUT2D eigenvalue weighted by Gasteiger charge is 2.33. The monoisotopic (exact) mass is 414 g/mol. The van der Waals surface area contributed by atoms with Crippen LogP contribution in [0.4, 0.5) is 0 Å². The van der Waals surface area contributed by atoms with Crippen molar-refractivity contribution in [3.8, 4) is 17.0 Å². The molecule has 0 unspecified atom stereocenters. The van der Waals surface area contributed by atoms with Crippen molar-refractivity contribution in [2.24, 2.45) is 7.05 Å². The lowest BCUT2D eigenvalue weighted by Gasteiger charge is -2.30. The molecule has 29 heavy (non-hydrogen) atoms. The van der Waals surface area contributed by atoms with Gasteiger partial charge in [-0.05, 0) is 31.0 Å². The lowest BCUT2D eigenvalue weighted by atomic mass is 9.97. The molecule has 1 aliphatic heterocycles. The van der Waals surface area contributed by atoms with Gasteiger partial charge in [0.25, 0.3) is 10.0 Å². The summed E-state index contributed by atoms with van der Waals surface area (Å²) in [4.78, 5) is 9.19. The van der Waals surface area contributed by atoms with Crippen LogP contribution in [0.5, 0.6) is 5.75 Å². The average Bonchev–Trinajstić information content (AvgIpc) is 3.20. The van der Waals surface area contributed by atoms with Crippen molar-refractivity contribution in [1.29, 1.82) is 0 Å². The molecule has 4 rings (SSSR count). The third-order valence-corrected chi connectivity index (χ3v) is 7.10. The number of nitrogens with zero attached hydrogens (tertiary/aromatic N) is 6. The number of aromatic nitrogens is 5. The summed E-state index contributed by atoms with van der Waals surface area (Å²) in [5.41, 5.74) is 1.70. The Kier molecular flexibility index (Phi) is 5.29. The Balaban J connectivity index is 1.52. The summed E-state index contributed by atoms with van der Waals surface area (Å²) in [5, 5.41) is 7.50. The summed E-state index contributed by atoms with van der Waals surface area (Å²) < 4.78 is 33.8. The molecule has 0 saturated carbocycles. The zero-order valence-corrected chi connectivity index (χ0v) is 17.1. The van der Waals surface area contributed by atoms with Crippen LogP contribution in [0.2, 0.25) is 0 Å². The van der Waals surface area contributed by atoms with Crippen LogP contribution < -0.4 is 4.74 Å². The molecule has 0 N–H and O–H groups in total. The summed E-state index contributed by atoms with van der Waals surface area (Å²) in [7, 11) is -0.394. The first-order valence-electron chi connectivity index (χ1n) is 9.32. The standard InChI is InChI=1S/C19H22N6O3S/c1-24-18(13-21-23-24)29(26,27)25-11-8-14(9-12-25)19-20-10-7-16(22-19)15-5-3-4-6-17(15)28-2/h3-7,10,13-14H,8-9,11-12H2,1-2H3. The third-order valence-electron chi connectivity index (χ3n) is 5.15. The molecule has 1 aromatic carbocycles. The zero-order valence-electron chi connectivity index (χ0n) is 16.3. The van der Waals surface area contributed by atoms with E-state index in [0.29, 0.717) is 25.9 Å². The summed E-state index contributed by atoms with van der Waals surface area (Å²) in [6.45, 7) is 0.806. The first-order valence-corrected chi connectivity index (χ1v) is 10.8. The van der Waals surface area contributed by atoms with Crippen molar-refractivity contribution >= 4 is 10.0 Å². The van der Waals surface area contributed by atoms with Gasteiger partial charge in [0.2, 0.25) is 0 Å². The maximum Gasteiger partial charge on any atom is 0.261 e. The van der Waals surface area contributed by atoms with Gasteiger partial charge in [0.1, 0.15) is 11.6 Å². The van der Waals surface area contributed by atoms with Crippen molar-refractivity contribution < 1.29 is 13.2 Å². The molecule has 0 bridgehead atoms. The van der Waals surface area contributed by atoms with Gasteiger partial charge in [0.15, 0.2) is 5.03 Å². The van der Waals surface area contributed by atoms with Gasteiger partial charge in [0, 0.05) is 37.8 Å². The summed E-state index contributed by atoms with van der Waals surface area (Å²) >= 11 is 0. The number of hydrogen-bond donors (Lipinski definition) is 0. The van der Waals surface area contributed by atoms with Crippen LogP contribution in [0, 0.1) is 0 Å². The summed E-state index contributed by atoms with van der Waals surface area (Å²) in [6, 6.07) is 9.57. The molecule has 10 heteroatoms. The number of para-hydroxylation sites is 1. The second kappa shape index (κ2) is 7.88. The van der Waals surface area contributed by atoms with Gasteiger partial charge in [-0.3, -0.25) is 0 Å². The van der Waals surface area contributed by atoms with Crippen molar-refractivity contribution in [3.63, 3.8) is 0 Å². The molecule has 1 saturated heterocycles. The second-order valence-corrected chi connectivity index (χ2v) is 8.76. The van der Waals surface area contributed by atoms with Crippen LogP contribution in [0.1, 0.15) is 24.6 Å². The van der Waals surface area contributed by atoms with Gasteiger partial charge in [-0.15, -0.1) is 5.10 Å². The van der Waals surface area contributed by atoms with Crippen LogP contribution in [0.3, 0.4) is 0 Å². The number of aryl methyl sites for hydroxylation is 1. The van der Waals surface area contributed by atoms with E-state index in [1.165, 1.54) is 15.2 Å². The fourth-order valence-electron chi connectivity index (χ4n) is 3.58. The number of rotatable bonds is 5. The van der Waals surface area contributed by atoms with E-state index in [0.717, 1.165) is 22.8 Å². The summed E-state index contributed by atoms with van der Waals surface area (Å²) in [5.74, 6) is 1.58. The van der Waals surface area contributed by atoms with Crippen LogP contribution in [0.25, 0.3) is 11.3 Å². The Morgan fingerprint density at radius 3 is 2.59 bits per heavy atom. The Hall–Kier alpha value is -2.85. The van der Waals surface area contributed by atoms with Gasteiger partial charge in [-0.25, -0.2) is 23.1 Å². The van der Waals surface area contributed by atoms with Crippen molar-refractivity contribution in [2.45, 2.75) is 23.8 Å². The predicted molar refractivity (Wildman–Crippen MR) is 106 cm³/mol. The molecule has 3 aromatic rings. The normalized spacial score (nSPS) is 16.1. The average molecular weight is 414 g/mol. The Morgan fingerprint density at radius 2 is 1.90 bits per heavy atom. The van der Waals surface area contributed by atoms with E-state index in [-0.39, 0.29) is 10.9 Å². The number of hydrogen-bond acceptors (Lipinski definition) is 7. The Labute approximate surface area is 169 Å². The fourth-order valence-corrected chi connectivity index (χ4v) is 5.08. The number of piperidine rings is 1. The number of sulfonamides is 1. The Bertz CT molecular complexity index is 1110. The fraction of sp³-hybridized carbons (Fsp3) is 0.368. The molecule has 0 aliphatic carbocycles. The highest BCUT2D eigenvalue weighted by Crippen LogP contribution is 2.32. The van der Waals surface area contributed by atoms with Gasteiger partial charge in [-0.2, -0.15) is 4.31 Å². The highest BCUT2D eigenvalue weighted by atomic mass is 32.2. The van der Waals surface area contributed by atoms with Gasteiger partial charge >= 0.3 is 0 Å². The Morgan fingerprint density at radius 1 is 1.14 bits per heavy atom. The van der Waals surface area contributed by atoms with E-state index >= 15 is 0 Å². The number of methoxy groups -OCH3 is 1. The van der Waals surface area contributed by atoms with Crippen molar-refractivity contribution in [3.05, 3.63) is 48.5 Å². The molecular formula is C19H22N6O3S. The molecular weight excluding hydrogens is 392 g/mol. The van der Waals surface area contributed by atoms with E-state index in [4.69, 9.17) is 9.72 Å². The maximum absolute atomic E-state index is 12.8.